The molecule has 45 heavy (non-hydrogen) atoms. The fraction of sp³-hybridized carbons (Fsp3) is 0.355. The summed E-state index contributed by atoms with van der Waals surface area (Å²) in [6, 6.07) is 6.61. The van der Waals surface area contributed by atoms with Crippen LogP contribution in [0.5, 0.6) is 6.01 Å². The summed E-state index contributed by atoms with van der Waals surface area (Å²) in [4.78, 5) is 32.0. The topological polar surface area (TPSA) is 140 Å². The Hall–Kier alpha value is -4.40. The predicted octanol–water partition coefficient (Wildman–Crippen LogP) is 4.11. The predicted molar refractivity (Wildman–Crippen MR) is 169 cm³/mol. The maximum absolute atomic E-state index is 17.2. The summed E-state index contributed by atoms with van der Waals surface area (Å²) >= 11 is 1.01. The molecule has 0 bridgehead atoms. The SMILES string of the molecule is CN1CCCC1COc1nc(N2CCN(C(=O)CN)CC2)c2cc(-c3ccoc3)c(-c3ccc(F)c4sc(N)nc34)c(F)c2n1. The fourth-order valence-electron chi connectivity index (χ4n) is 6.26. The maximum atomic E-state index is 17.2. The minimum absolute atomic E-state index is 0.0539. The second kappa shape index (κ2) is 11.8. The van der Waals surface area contributed by atoms with E-state index in [1.165, 1.54) is 24.7 Å². The van der Waals surface area contributed by atoms with E-state index in [0.717, 1.165) is 30.7 Å². The lowest BCUT2D eigenvalue weighted by atomic mass is 9.92. The molecule has 3 aromatic heterocycles. The number of piperazine rings is 1. The third kappa shape index (κ3) is 5.32. The Balaban J connectivity index is 1.42. The zero-order valence-corrected chi connectivity index (χ0v) is 25.4. The Morgan fingerprint density at radius 2 is 1.91 bits per heavy atom. The molecule has 5 heterocycles. The van der Waals surface area contributed by atoms with Crippen LogP contribution < -0.4 is 21.1 Å². The largest absolute Gasteiger partial charge is 0.472 e. The van der Waals surface area contributed by atoms with Gasteiger partial charge in [-0.15, -0.1) is 0 Å². The highest BCUT2D eigenvalue weighted by atomic mass is 32.1. The van der Waals surface area contributed by atoms with E-state index in [2.05, 4.69) is 14.9 Å². The maximum Gasteiger partial charge on any atom is 0.319 e. The molecule has 1 amide bonds. The zero-order valence-electron chi connectivity index (χ0n) is 24.6. The lowest BCUT2D eigenvalue weighted by Gasteiger charge is -2.35. The molecule has 1 atom stereocenters. The smallest absolute Gasteiger partial charge is 0.319 e. The quantitative estimate of drug-likeness (QED) is 0.269. The number of halogens is 2. The number of amides is 1. The molecule has 0 spiro atoms. The number of thiazole rings is 1. The number of anilines is 2. The second-order valence-electron chi connectivity index (χ2n) is 11.3. The molecule has 0 saturated carbocycles. The number of aromatic nitrogens is 3. The molecular weight excluding hydrogens is 602 g/mol. The molecule has 4 N–H and O–H groups in total. The van der Waals surface area contributed by atoms with Gasteiger partial charge >= 0.3 is 6.01 Å². The van der Waals surface area contributed by atoms with Crippen LogP contribution >= 0.6 is 11.3 Å². The van der Waals surface area contributed by atoms with Crippen molar-refractivity contribution in [3.8, 4) is 28.3 Å². The second-order valence-corrected chi connectivity index (χ2v) is 12.4. The molecule has 2 aliphatic rings. The van der Waals surface area contributed by atoms with E-state index in [-0.39, 0.29) is 50.9 Å². The van der Waals surface area contributed by atoms with E-state index in [1.807, 2.05) is 18.0 Å². The molecule has 2 fully saturated rings. The van der Waals surface area contributed by atoms with Crippen molar-refractivity contribution in [2.24, 2.45) is 5.73 Å². The highest BCUT2D eigenvalue weighted by molar-refractivity contribution is 7.22. The Bertz CT molecular complexity index is 1890. The molecule has 2 aliphatic heterocycles. The summed E-state index contributed by atoms with van der Waals surface area (Å²) in [5.74, 6) is -0.754. The number of hydrogen-bond donors (Lipinski definition) is 2. The number of fused-ring (bicyclic) bond motifs is 2. The summed E-state index contributed by atoms with van der Waals surface area (Å²) < 4.78 is 43.7. The molecule has 0 radical (unpaired) electrons. The lowest BCUT2D eigenvalue weighted by Crippen LogP contribution is -2.50. The first-order valence-electron chi connectivity index (χ1n) is 14.8. The van der Waals surface area contributed by atoms with Crippen molar-refractivity contribution >= 4 is 49.3 Å². The summed E-state index contributed by atoms with van der Waals surface area (Å²) in [5, 5.41) is 0.638. The fourth-order valence-corrected chi connectivity index (χ4v) is 7.02. The van der Waals surface area contributed by atoms with E-state index in [4.69, 9.17) is 25.6 Å². The number of furan rings is 1. The van der Waals surface area contributed by atoms with Crippen LogP contribution in [-0.4, -0.2) is 89.6 Å². The summed E-state index contributed by atoms with van der Waals surface area (Å²) in [6.45, 7) is 3.09. The van der Waals surface area contributed by atoms with Gasteiger partial charge in [0.15, 0.2) is 10.9 Å². The van der Waals surface area contributed by atoms with Crippen molar-refractivity contribution in [1.29, 1.82) is 0 Å². The normalized spacial score (nSPS) is 17.6. The number of carbonyl (C=O) groups is 1. The minimum Gasteiger partial charge on any atom is -0.472 e. The first-order valence-corrected chi connectivity index (χ1v) is 15.6. The van der Waals surface area contributed by atoms with Gasteiger partial charge in [-0.2, -0.15) is 9.97 Å². The zero-order chi connectivity index (χ0) is 31.2. The average Bonchev–Trinajstić information content (AvgIpc) is 3.82. The number of nitrogens with two attached hydrogens (primary N) is 2. The van der Waals surface area contributed by atoms with E-state index in [9.17, 15) is 9.18 Å². The number of ether oxygens (including phenoxy) is 1. The van der Waals surface area contributed by atoms with Gasteiger partial charge in [-0.3, -0.25) is 4.79 Å². The number of likely N-dealkylation sites (N-methyl/N-ethyl adjacent to an activating group) is 1. The van der Waals surface area contributed by atoms with Crippen LogP contribution in [0, 0.1) is 11.6 Å². The van der Waals surface area contributed by atoms with Gasteiger partial charge in [-0.25, -0.2) is 13.8 Å². The van der Waals surface area contributed by atoms with E-state index in [1.54, 1.807) is 11.0 Å². The molecule has 1 unspecified atom stereocenters. The van der Waals surface area contributed by atoms with Crippen LogP contribution in [0.3, 0.4) is 0 Å². The number of hydrogen-bond acceptors (Lipinski definition) is 11. The summed E-state index contributed by atoms with van der Waals surface area (Å²) in [7, 11) is 2.05. The molecule has 14 heteroatoms. The Kier molecular flexibility index (Phi) is 7.71. The molecule has 0 aliphatic carbocycles. The van der Waals surface area contributed by atoms with E-state index < -0.39 is 11.6 Å². The van der Waals surface area contributed by atoms with Crippen molar-refractivity contribution in [2.75, 3.05) is 63.6 Å². The first kappa shape index (κ1) is 29.3. The monoisotopic (exact) mass is 634 g/mol. The number of nitrogens with zero attached hydrogens (tertiary/aromatic N) is 6. The van der Waals surface area contributed by atoms with Crippen LogP contribution in [0.4, 0.5) is 19.7 Å². The molecule has 234 valence electrons. The molecular formula is C31H32F2N8O3S. The number of likely N-dealkylation sites (tertiary alicyclic amines) is 1. The Labute approximate surface area is 261 Å². The Morgan fingerprint density at radius 1 is 1.09 bits per heavy atom. The standard InChI is InChI=1S/C31H32F2N8O3S/c1-39-7-2-3-18(39)16-44-31-37-26-21(29(38-31)41-10-8-40(9-11-41)23(42)14-34)13-20(17-6-12-43-15-17)24(25(26)33)19-4-5-22(32)28-27(19)36-30(35)45-28/h4-6,12-13,15,18H,2-3,7-11,14,16,34H2,1H3,(H2,35,36). The van der Waals surface area contributed by atoms with Crippen molar-refractivity contribution in [3.05, 3.63) is 48.4 Å². The van der Waals surface area contributed by atoms with Gasteiger partial charge in [0.2, 0.25) is 5.91 Å². The van der Waals surface area contributed by atoms with Gasteiger partial charge in [-0.05, 0) is 56.3 Å². The van der Waals surface area contributed by atoms with Crippen molar-refractivity contribution in [1.82, 2.24) is 24.8 Å². The first-order chi connectivity index (χ1) is 21.8. The summed E-state index contributed by atoms with van der Waals surface area (Å²) in [5.41, 5.74) is 13.6. The average molecular weight is 635 g/mol. The van der Waals surface area contributed by atoms with Gasteiger partial charge in [-0.1, -0.05) is 11.3 Å². The Morgan fingerprint density at radius 3 is 2.62 bits per heavy atom. The number of rotatable bonds is 7. The number of carbonyl (C=O) groups excluding carboxylic acids is 1. The third-order valence-corrected chi connectivity index (χ3v) is 9.58. The molecule has 5 aromatic rings. The molecule has 2 aromatic carbocycles. The van der Waals surface area contributed by atoms with Crippen LogP contribution in [0.15, 0.2) is 41.2 Å². The number of benzene rings is 2. The van der Waals surface area contributed by atoms with Gasteiger partial charge in [0.1, 0.15) is 23.8 Å². The number of nitrogen functional groups attached to an aromatic ring is 1. The highest BCUT2D eigenvalue weighted by Crippen LogP contribution is 2.44. The van der Waals surface area contributed by atoms with Crippen LogP contribution in [0.1, 0.15) is 12.8 Å². The summed E-state index contributed by atoms with van der Waals surface area (Å²) in [6.07, 6.45) is 5.08. The van der Waals surface area contributed by atoms with Crippen LogP contribution in [0.2, 0.25) is 0 Å². The minimum atomic E-state index is -0.633. The van der Waals surface area contributed by atoms with Crippen molar-refractivity contribution < 1.29 is 22.7 Å². The van der Waals surface area contributed by atoms with Crippen molar-refractivity contribution in [2.45, 2.75) is 18.9 Å². The van der Waals surface area contributed by atoms with Crippen molar-refractivity contribution in [3.63, 3.8) is 0 Å². The highest BCUT2D eigenvalue weighted by Gasteiger charge is 2.29. The lowest BCUT2D eigenvalue weighted by molar-refractivity contribution is -0.129. The van der Waals surface area contributed by atoms with Gasteiger partial charge in [0, 0.05) is 54.3 Å². The van der Waals surface area contributed by atoms with Gasteiger partial charge in [0.05, 0.1) is 29.3 Å². The van der Waals surface area contributed by atoms with Gasteiger partial charge in [0.25, 0.3) is 0 Å². The molecule has 11 nitrogen and oxygen atoms in total. The molecule has 2 saturated heterocycles. The molecule has 7 rings (SSSR count). The third-order valence-electron chi connectivity index (χ3n) is 8.69. The van der Waals surface area contributed by atoms with Gasteiger partial charge < -0.3 is 35.3 Å². The van der Waals surface area contributed by atoms with E-state index in [0.29, 0.717) is 60.7 Å². The van der Waals surface area contributed by atoms with Crippen LogP contribution in [0.25, 0.3) is 43.4 Å². The van der Waals surface area contributed by atoms with Crippen LogP contribution in [-0.2, 0) is 4.79 Å². The van der Waals surface area contributed by atoms with E-state index >= 15 is 4.39 Å².